The van der Waals surface area contributed by atoms with E-state index in [1.807, 2.05) is 38.1 Å². The number of benzene rings is 1. The van der Waals surface area contributed by atoms with Gasteiger partial charge in [0.2, 0.25) is 0 Å². The molecule has 110 valence electrons. The largest absolute Gasteiger partial charge is 0.339 e. The topological polar surface area (TPSA) is 32.3 Å². The Morgan fingerprint density at radius 1 is 1.30 bits per heavy atom. The maximum atomic E-state index is 12.6. The summed E-state index contributed by atoms with van der Waals surface area (Å²) in [7, 11) is 3.92. The third kappa shape index (κ3) is 3.33. The lowest BCUT2D eigenvalue weighted by Crippen LogP contribution is -2.42. The van der Waals surface area contributed by atoms with E-state index < -0.39 is 0 Å². The van der Waals surface area contributed by atoms with Gasteiger partial charge in [0, 0.05) is 29.7 Å². The van der Waals surface area contributed by atoms with Crippen molar-refractivity contribution in [2.24, 2.45) is 0 Å². The van der Waals surface area contributed by atoms with Gasteiger partial charge in [-0.15, -0.1) is 0 Å². The summed E-state index contributed by atoms with van der Waals surface area (Å²) < 4.78 is 0. The fourth-order valence-electron chi connectivity index (χ4n) is 2.93. The molecule has 1 saturated carbocycles. The van der Waals surface area contributed by atoms with Crippen LogP contribution < -0.4 is 5.32 Å². The van der Waals surface area contributed by atoms with Crippen molar-refractivity contribution in [1.29, 1.82) is 0 Å². The van der Waals surface area contributed by atoms with Gasteiger partial charge in [0.25, 0.3) is 5.91 Å². The molecule has 0 bridgehead atoms. The highest BCUT2D eigenvalue weighted by Gasteiger charge is 2.27. The maximum absolute atomic E-state index is 12.6. The van der Waals surface area contributed by atoms with Crippen LogP contribution in [0.3, 0.4) is 0 Å². The molecule has 1 aliphatic carbocycles. The van der Waals surface area contributed by atoms with Crippen molar-refractivity contribution >= 4 is 17.5 Å². The molecule has 2 rings (SSSR count). The number of amides is 1. The highest BCUT2D eigenvalue weighted by atomic mass is 35.5. The Labute approximate surface area is 126 Å². The van der Waals surface area contributed by atoms with Gasteiger partial charge in [0.05, 0.1) is 0 Å². The van der Waals surface area contributed by atoms with Crippen molar-refractivity contribution in [3.8, 4) is 0 Å². The highest BCUT2D eigenvalue weighted by Crippen LogP contribution is 2.25. The average molecular weight is 295 g/mol. The molecule has 0 heterocycles. The summed E-state index contributed by atoms with van der Waals surface area (Å²) in [6.07, 6.45) is 4.39. The SMILES string of the molecule is CNC1CCC(N(C)C(=O)c2cc(Cl)ccc2C)CC1. The summed E-state index contributed by atoms with van der Waals surface area (Å²) in [5.41, 5.74) is 1.70. The van der Waals surface area contributed by atoms with Crippen LogP contribution >= 0.6 is 11.6 Å². The number of carbonyl (C=O) groups is 1. The number of hydrogen-bond acceptors (Lipinski definition) is 2. The fourth-order valence-corrected chi connectivity index (χ4v) is 3.10. The molecule has 1 N–H and O–H groups in total. The summed E-state index contributed by atoms with van der Waals surface area (Å²) >= 11 is 6.01. The van der Waals surface area contributed by atoms with Crippen LogP contribution in [0.5, 0.6) is 0 Å². The van der Waals surface area contributed by atoms with Crippen LogP contribution in [0, 0.1) is 6.92 Å². The molecule has 0 spiro atoms. The van der Waals surface area contributed by atoms with Crippen LogP contribution in [0.25, 0.3) is 0 Å². The molecule has 20 heavy (non-hydrogen) atoms. The molecule has 1 aromatic carbocycles. The quantitative estimate of drug-likeness (QED) is 0.928. The maximum Gasteiger partial charge on any atom is 0.254 e. The van der Waals surface area contributed by atoms with Crippen molar-refractivity contribution in [2.45, 2.75) is 44.7 Å². The molecular formula is C16H23ClN2O. The van der Waals surface area contributed by atoms with Crippen molar-refractivity contribution in [3.63, 3.8) is 0 Å². The van der Waals surface area contributed by atoms with Crippen LogP contribution in [-0.4, -0.2) is 37.0 Å². The van der Waals surface area contributed by atoms with E-state index in [2.05, 4.69) is 5.32 Å². The van der Waals surface area contributed by atoms with Gasteiger partial charge < -0.3 is 10.2 Å². The Kier molecular flexibility index (Phi) is 5.06. The standard InChI is InChI=1S/C16H23ClN2O/c1-11-4-5-12(17)10-15(11)16(20)19(3)14-8-6-13(18-2)7-9-14/h4-5,10,13-14,18H,6-9H2,1-3H3. The monoisotopic (exact) mass is 294 g/mol. The molecule has 1 aromatic rings. The number of carbonyl (C=O) groups excluding carboxylic acids is 1. The lowest BCUT2D eigenvalue weighted by molar-refractivity contribution is 0.0685. The zero-order valence-corrected chi connectivity index (χ0v) is 13.2. The second kappa shape index (κ2) is 6.59. The number of nitrogens with one attached hydrogen (secondary N) is 1. The number of hydrogen-bond donors (Lipinski definition) is 1. The van der Waals surface area contributed by atoms with Gasteiger partial charge >= 0.3 is 0 Å². The zero-order valence-electron chi connectivity index (χ0n) is 12.4. The molecular weight excluding hydrogens is 272 g/mol. The van der Waals surface area contributed by atoms with Gasteiger partial charge in [-0.3, -0.25) is 4.79 Å². The van der Waals surface area contributed by atoms with Crippen LogP contribution in [0.4, 0.5) is 0 Å². The van der Waals surface area contributed by atoms with Gasteiger partial charge in [0.15, 0.2) is 0 Å². The molecule has 1 amide bonds. The van der Waals surface area contributed by atoms with Crippen molar-refractivity contribution < 1.29 is 4.79 Å². The van der Waals surface area contributed by atoms with Crippen LogP contribution in [0.2, 0.25) is 5.02 Å². The molecule has 3 nitrogen and oxygen atoms in total. The average Bonchev–Trinajstić information content (AvgIpc) is 2.48. The van der Waals surface area contributed by atoms with Gasteiger partial charge in [0.1, 0.15) is 0 Å². The fraction of sp³-hybridized carbons (Fsp3) is 0.562. The summed E-state index contributed by atoms with van der Waals surface area (Å²) in [6.45, 7) is 1.95. The Hall–Kier alpha value is -1.06. The second-order valence-corrected chi connectivity index (χ2v) is 6.11. The van der Waals surface area contributed by atoms with E-state index in [1.54, 1.807) is 6.07 Å². The van der Waals surface area contributed by atoms with E-state index in [0.717, 1.165) is 36.8 Å². The first-order chi connectivity index (χ1) is 9.52. The second-order valence-electron chi connectivity index (χ2n) is 5.67. The Morgan fingerprint density at radius 2 is 1.95 bits per heavy atom. The molecule has 0 aliphatic heterocycles. The first kappa shape index (κ1) is 15.3. The van der Waals surface area contributed by atoms with E-state index >= 15 is 0 Å². The molecule has 1 fully saturated rings. The predicted molar refractivity (Wildman–Crippen MR) is 83.4 cm³/mol. The number of halogens is 1. The minimum Gasteiger partial charge on any atom is -0.339 e. The highest BCUT2D eigenvalue weighted by molar-refractivity contribution is 6.31. The Morgan fingerprint density at radius 3 is 2.55 bits per heavy atom. The molecule has 4 heteroatoms. The lowest BCUT2D eigenvalue weighted by Gasteiger charge is -2.34. The smallest absolute Gasteiger partial charge is 0.254 e. The van der Waals surface area contributed by atoms with Gasteiger partial charge in [-0.05, 0) is 57.4 Å². The molecule has 0 aromatic heterocycles. The zero-order chi connectivity index (χ0) is 14.7. The first-order valence-electron chi connectivity index (χ1n) is 7.23. The summed E-state index contributed by atoms with van der Waals surface area (Å²) in [5, 5.41) is 3.94. The number of rotatable bonds is 3. The van der Waals surface area contributed by atoms with E-state index in [-0.39, 0.29) is 5.91 Å². The summed E-state index contributed by atoms with van der Waals surface area (Å²) in [5.74, 6) is 0.0814. The van der Waals surface area contributed by atoms with Crippen molar-refractivity contribution in [2.75, 3.05) is 14.1 Å². The van der Waals surface area contributed by atoms with Crippen LogP contribution in [0.1, 0.15) is 41.6 Å². The predicted octanol–water partition coefficient (Wildman–Crippen LogP) is 3.25. The van der Waals surface area contributed by atoms with E-state index in [4.69, 9.17) is 11.6 Å². The van der Waals surface area contributed by atoms with E-state index in [9.17, 15) is 4.79 Å². The molecule has 0 unspecified atom stereocenters. The molecule has 0 atom stereocenters. The first-order valence-corrected chi connectivity index (χ1v) is 7.61. The van der Waals surface area contributed by atoms with Gasteiger partial charge in [-0.25, -0.2) is 0 Å². The summed E-state index contributed by atoms with van der Waals surface area (Å²) in [4.78, 5) is 14.5. The van der Waals surface area contributed by atoms with Gasteiger partial charge in [-0.1, -0.05) is 17.7 Å². The third-order valence-corrected chi connectivity index (χ3v) is 4.64. The third-order valence-electron chi connectivity index (χ3n) is 4.40. The normalized spacial score (nSPS) is 22.6. The summed E-state index contributed by atoms with van der Waals surface area (Å²) in [6, 6.07) is 6.44. The van der Waals surface area contributed by atoms with Crippen molar-refractivity contribution in [3.05, 3.63) is 34.3 Å². The van der Waals surface area contributed by atoms with Crippen LogP contribution in [-0.2, 0) is 0 Å². The minimum atomic E-state index is 0.0814. The van der Waals surface area contributed by atoms with E-state index in [1.165, 1.54) is 0 Å². The number of aryl methyl sites for hydroxylation is 1. The van der Waals surface area contributed by atoms with E-state index in [0.29, 0.717) is 17.1 Å². The lowest BCUT2D eigenvalue weighted by atomic mass is 9.90. The van der Waals surface area contributed by atoms with Crippen molar-refractivity contribution in [1.82, 2.24) is 10.2 Å². The van der Waals surface area contributed by atoms with Gasteiger partial charge in [-0.2, -0.15) is 0 Å². The Balaban J connectivity index is 2.07. The van der Waals surface area contributed by atoms with Crippen LogP contribution in [0.15, 0.2) is 18.2 Å². The molecule has 0 radical (unpaired) electrons. The number of nitrogens with zero attached hydrogens (tertiary/aromatic N) is 1. The molecule has 1 aliphatic rings. The molecule has 0 saturated heterocycles. The Bertz CT molecular complexity index is 481. The minimum absolute atomic E-state index is 0.0814.